The first kappa shape index (κ1) is 19.6. The Balaban J connectivity index is 1.40. The standard InChI is InChI=1S/C22H23N5O3/c1-26-22(30)18-5-3-2-4-17(18)19(25-26)12-20(28)24-13-15-6-8-16(9-7-15)27-11-10-23-21(29)14-27/h2-9H,10-14H2,1H3,(H,23,29)(H,24,28). The third-order valence-electron chi connectivity index (χ3n) is 5.19. The Kier molecular flexibility index (Phi) is 5.47. The van der Waals surface area contributed by atoms with Crippen LogP contribution in [0.1, 0.15) is 11.3 Å². The molecule has 1 aliphatic heterocycles. The summed E-state index contributed by atoms with van der Waals surface area (Å²) >= 11 is 0. The quantitative estimate of drug-likeness (QED) is 0.652. The van der Waals surface area contributed by atoms with Crippen LogP contribution >= 0.6 is 0 Å². The van der Waals surface area contributed by atoms with E-state index in [9.17, 15) is 14.4 Å². The zero-order valence-corrected chi connectivity index (χ0v) is 16.7. The van der Waals surface area contributed by atoms with Crippen molar-refractivity contribution < 1.29 is 9.59 Å². The Labute approximate surface area is 173 Å². The van der Waals surface area contributed by atoms with E-state index in [0.717, 1.165) is 17.8 Å². The lowest BCUT2D eigenvalue weighted by Gasteiger charge is -2.28. The maximum absolute atomic E-state index is 12.5. The SMILES string of the molecule is Cn1nc(CC(=O)NCc2ccc(N3CCNC(=O)C3)cc2)c2ccccc2c1=O. The summed E-state index contributed by atoms with van der Waals surface area (Å²) in [5.41, 5.74) is 2.34. The molecule has 1 aromatic heterocycles. The molecule has 30 heavy (non-hydrogen) atoms. The Morgan fingerprint density at radius 1 is 1.10 bits per heavy atom. The molecule has 2 amide bonds. The van der Waals surface area contributed by atoms with Crippen LogP contribution in [0.5, 0.6) is 0 Å². The van der Waals surface area contributed by atoms with Gasteiger partial charge in [0.1, 0.15) is 0 Å². The molecule has 3 aromatic rings. The molecule has 0 saturated carbocycles. The fourth-order valence-corrected chi connectivity index (χ4v) is 3.61. The molecule has 0 unspecified atom stereocenters. The van der Waals surface area contributed by atoms with Gasteiger partial charge in [-0.2, -0.15) is 5.10 Å². The van der Waals surface area contributed by atoms with Gasteiger partial charge in [0, 0.05) is 37.8 Å². The summed E-state index contributed by atoms with van der Waals surface area (Å²) < 4.78 is 1.27. The molecule has 0 spiro atoms. The van der Waals surface area contributed by atoms with Crippen LogP contribution in [0.15, 0.2) is 53.3 Å². The molecule has 1 saturated heterocycles. The first-order chi connectivity index (χ1) is 14.5. The van der Waals surface area contributed by atoms with Gasteiger partial charge in [-0.25, -0.2) is 4.68 Å². The summed E-state index contributed by atoms with van der Waals surface area (Å²) in [5.74, 6) is -0.139. The van der Waals surface area contributed by atoms with Crippen LogP contribution in [0.25, 0.3) is 10.8 Å². The smallest absolute Gasteiger partial charge is 0.274 e. The summed E-state index contributed by atoms with van der Waals surface area (Å²) in [6.45, 7) is 2.17. The fourth-order valence-electron chi connectivity index (χ4n) is 3.61. The molecule has 0 bridgehead atoms. The van der Waals surface area contributed by atoms with Crippen LogP contribution in [0.3, 0.4) is 0 Å². The Hall–Kier alpha value is -3.68. The van der Waals surface area contributed by atoms with Gasteiger partial charge in [0.05, 0.1) is 24.0 Å². The maximum Gasteiger partial charge on any atom is 0.274 e. The van der Waals surface area contributed by atoms with Crippen LogP contribution in [0, 0.1) is 0 Å². The summed E-state index contributed by atoms with van der Waals surface area (Å²) in [6, 6.07) is 15.0. The number of amides is 2. The number of anilines is 1. The summed E-state index contributed by atoms with van der Waals surface area (Å²) in [7, 11) is 1.59. The van der Waals surface area contributed by atoms with Crippen LogP contribution < -0.4 is 21.1 Å². The van der Waals surface area contributed by atoms with Crippen molar-refractivity contribution in [1.82, 2.24) is 20.4 Å². The predicted octanol–water partition coefficient (Wildman–Crippen LogP) is 0.729. The minimum atomic E-state index is -0.180. The van der Waals surface area contributed by atoms with E-state index in [2.05, 4.69) is 15.7 Å². The van der Waals surface area contributed by atoms with Gasteiger partial charge < -0.3 is 15.5 Å². The van der Waals surface area contributed by atoms with Crippen molar-refractivity contribution in [2.45, 2.75) is 13.0 Å². The zero-order valence-electron chi connectivity index (χ0n) is 16.7. The highest BCUT2D eigenvalue weighted by atomic mass is 16.2. The molecule has 154 valence electrons. The van der Waals surface area contributed by atoms with E-state index < -0.39 is 0 Å². The molecule has 0 aliphatic carbocycles. The second-order valence-corrected chi connectivity index (χ2v) is 7.31. The Morgan fingerprint density at radius 3 is 2.57 bits per heavy atom. The summed E-state index contributed by atoms with van der Waals surface area (Å²) in [6.07, 6.45) is 0.0929. The monoisotopic (exact) mass is 405 g/mol. The molecular formula is C22H23N5O3. The number of piperazine rings is 1. The van der Waals surface area contributed by atoms with Crippen molar-refractivity contribution in [1.29, 1.82) is 0 Å². The van der Waals surface area contributed by atoms with Crippen LogP contribution in [-0.4, -0.2) is 41.2 Å². The number of aromatic nitrogens is 2. The molecular weight excluding hydrogens is 382 g/mol. The van der Waals surface area contributed by atoms with Crippen molar-refractivity contribution in [3.8, 4) is 0 Å². The van der Waals surface area contributed by atoms with Crippen molar-refractivity contribution in [3.05, 3.63) is 70.1 Å². The normalized spacial score (nSPS) is 13.9. The van der Waals surface area contributed by atoms with E-state index in [4.69, 9.17) is 0 Å². The maximum atomic E-state index is 12.5. The highest BCUT2D eigenvalue weighted by Crippen LogP contribution is 2.16. The second kappa shape index (κ2) is 8.36. The Morgan fingerprint density at radius 2 is 1.83 bits per heavy atom. The number of carbonyl (C=O) groups excluding carboxylic acids is 2. The number of hydrogen-bond acceptors (Lipinski definition) is 5. The number of nitrogens with one attached hydrogen (secondary N) is 2. The van der Waals surface area contributed by atoms with Gasteiger partial charge in [0.15, 0.2) is 0 Å². The van der Waals surface area contributed by atoms with Crippen molar-refractivity contribution in [2.24, 2.45) is 7.05 Å². The number of rotatable bonds is 5. The summed E-state index contributed by atoms with van der Waals surface area (Å²) in [5, 5.41) is 11.2. The van der Waals surface area contributed by atoms with Crippen molar-refractivity contribution in [2.75, 3.05) is 24.5 Å². The topological polar surface area (TPSA) is 96.3 Å². The van der Waals surface area contributed by atoms with Crippen molar-refractivity contribution in [3.63, 3.8) is 0 Å². The average Bonchev–Trinajstić information content (AvgIpc) is 2.76. The van der Waals surface area contributed by atoms with Gasteiger partial charge in [-0.3, -0.25) is 14.4 Å². The van der Waals surface area contributed by atoms with Gasteiger partial charge in [-0.1, -0.05) is 30.3 Å². The number of nitrogens with zero attached hydrogens (tertiary/aromatic N) is 3. The molecule has 8 heteroatoms. The predicted molar refractivity (Wildman–Crippen MR) is 114 cm³/mol. The van der Waals surface area contributed by atoms with Gasteiger partial charge in [0.2, 0.25) is 11.8 Å². The average molecular weight is 405 g/mol. The van der Waals surface area contributed by atoms with E-state index in [1.165, 1.54) is 4.68 Å². The first-order valence-electron chi connectivity index (χ1n) is 9.83. The number of hydrogen-bond donors (Lipinski definition) is 2. The Bertz CT molecular complexity index is 1150. The van der Waals surface area contributed by atoms with E-state index in [1.54, 1.807) is 19.2 Å². The lowest BCUT2D eigenvalue weighted by molar-refractivity contribution is -0.121. The van der Waals surface area contributed by atoms with E-state index in [1.807, 2.05) is 41.3 Å². The number of aryl methyl sites for hydroxylation is 1. The summed E-state index contributed by atoms with van der Waals surface area (Å²) in [4.78, 5) is 38.3. The largest absolute Gasteiger partial charge is 0.360 e. The molecule has 0 radical (unpaired) electrons. The van der Waals surface area contributed by atoms with Gasteiger partial charge >= 0.3 is 0 Å². The molecule has 4 rings (SSSR count). The second-order valence-electron chi connectivity index (χ2n) is 7.31. The highest BCUT2D eigenvalue weighted by molar-refractivity contribution is 5.88. The van der Waals surface area contributed by atoms with Gasteiger partial charge in [-0.05, 0) is 23.8 Å². The van der Waals surface area contributed by atoms with E-state index in [-0.39, 0.29) is 23.8 Å². The number of fused-ring (bicyclic) bond motifs is 1. The number of benzene rings is 2. The third kappa shape index (κ3) is 4.17. The minimum Gasteiger partial charge on any atom is -0.360 e. The van der Waals surface area contributed by atoms with E-state index >= 15 is 0 Å². The fraction of sp³-hybridized carbons (Fsp3) is 0.273. The molecule has 0 atom stereocenters. The van der Waals surface area contributed by atoms with Crippen molar-refractivity contribution >= 4 is 28.3 Å². The first-order valence-corrected chi connectivity index (χ1v) is 9.83. The molecule has 1 fully saturated rings. The highest BCUT2D eigenvalue weighted by Gasteiger charge is 2.16. The van der Waals surface area contributed by atoms with Crippen LogP contribution in [0.4, 0.5) is 5.69 Å². The van der Waals surface area contributed by atoms with Gasteiger partial charge in [-0.15, -0.1) is 0 Å². The molecule has 8 nitrogen and oxygen atoms in total. The van der Waals surface area contributed by atoms with Crippen LogP contribution in [0.2, 0.25) is 0 Å². The number of carbonyl (C=O) groups is 2. The molecule has 2 aromatic carbocycles. The van der Waals surface area contributed by atoms with E-state index in [0.29, 0.717) is 36.1 Å². The molecule has 2 N–H and O–H groups in total. The molecule has 1 aliphatic rings. The lowest BCUT2D eigenvalue weighted by Crippen LogP contribution is -2.47. The lowest BCUT2D eigenvalue weighted by atomic mass is 10.1. The van der Waals surface area contributed by atoms with Crippen LogP contribution in [-0.2, 0) is 29.6 Å². The third-order valence-corrected chi connectivity index (χ3v) is 5.19. The van der Waals surface area contributed by atoms with Gasteiger partial charge in [0.25, 0.3) is 5.56 Å². The minimum absolute atomic E-state index is 0.0251. The zero-order chi connectivity index (χ0) is 21.1. The molecule has 2 heterocycles.